The maximum absolute atomic E-state index is 11.4. The highest BCUT2D eigenvalue weighted by molar-refractivity contribution is 5.67. The summed E-state index contributed by atoms with van der Waals surface area (Å²) in [5, 5.41) is 2.64. The van der Waals surface area contributed by atoms with Gasteiger partial charge in [-0.15, -0.1) is 0 Å². The molecule has 0 aromatic carbocycles. The van der Waals surface area contributed by atoms with Crippen LogP contribution in [0, 0.1) is 11.8 Å². The summed E-state index contributed by atoms with van der Waals surface area (Å²) in [4.78, 5) is 15.5. The van der Waals surface area contributed by atoms with Crippen LogP contribution in [-0.2, 0) is 4.74 Å². The molecule has 1 heterocycles. The Morgan fingerprint density at radius 2 is 2.20 bits per heavy atom. The highest BCUT2D eigenvalue weighted by Gasteiger charge is 2.15. The van der Waals surface area contributed by atoms with Gasteiger partial charge in [0.05, 0.1) is 7.11 Å². The third-order valence-electron chi connectivity index (χ3n) is 2.12. The van der Waals surface area contributed by atoms with Gasteiger partial charge in [0, 0.05) is 19.2 Å². The predicted molar refractivity (Wildman–Crippen MR) is 76.5 cm³/mol. The fraction of sp³-hybridized carbons (Fsp3) is 0.467. The van der Waals surface area contributed by atoms with Crippen LogP contribution in [0.15, 0.2) is 18.3 Å². The Morgan fingerprint density at radius 3 is 2.85 bits per heavy atom. The van der Waals surface area contributed by atoms with Gasteiger partial charge in [-0.3, -0.25) is 0 Å². The van der Waals surface area contributed by atoms with Crippen LogP contribution in [0.4, 0.5) is 4.79 Å². The molecule has 0 saturated carbocycles. The van der Waals surface area contributed by atoms with Gasteiger partial charge >= 0.3 is 6.09 Å². The first-order valence-corrected chi connectivity index (χ1v) is 6.37. The van der Waals surface area contributed by atoms with Crippen molar-refractivity contribution in [2.75, 3.05) is 13.7 Å². The van der Waals surface area contributed by atoms with Gasteiger partial charge in [0.15, 0.2) is 11.4 Å². The second kappa shape index (κ2) is 7.39. The number of nitrogens with zero attached hydrogens (tertiary/aromatic N) is 1. The number of alkyl carbamates (subject to hydrolysis) is 1. The number of carbonyl (C=O) groups is 1. The molecular formula is C15H20N2O3. The van der Waals surface area contributed by atoms with Crippen LogP contribution in [0.25, 0.3) is 0 Å². The molecule has 0 bridgehead atoms. The Balaban J connectivity index is 2.39. The van der Waals surface area contributed by atoms with Crippen molar-refractivity contribution in [2.45, 2.75) is 32.8 Å². The zero-order valence-electron chi connectivity index (χ0n) is 12.3. The lowest BCUT2D eigenvalue weighted by molar-refractivity contribution is 0.0529. The first-order chi connectivity index (χ1) is 9.42. The number of rotatable bonds is 3. The van der Waals surface area contributed by atoms with Crippen molar-refractivity contribution >= 4 is 6.09 Å². The Bertz CT molecular complexity index is 510. The molecule has 1 aromatic heterocycles. The van der Waals surface area contributed by atoms with E-state index in [9.17, 15) is 4.79 Å². The van der Waals surface area contributed by atoms with Gasteiger partial charge in [-0.1, -0.05) is 5.92 Å². The van der Waals surface area contributed by atoms with Crippen molar-refractivity contribution < 1.29 is 14.3 Å². The van der Waals surface area contributed by atoms with Crippen LogP contribution >= 0.6 is 0 Å². The van der Waals surface area contributed by atoms with Crippen LogP contribution in [0.1, 0.15) is 32.9 Å². The number of pyridine rings is 1. The number of carbonyl (C=O) groups excluding carboxylic acids is 1. The molecule has 108 valence electrons. The summed E-state index contributed by atoms with van der Waals surface area (Å²) in [6, 6.07) is 3.59. The first-order valence-electron chi connectivity index (χ1n) is 6.37. The number of ether oxygens (including phenoxy) is 2. The Kier molecular flexibility index (Phi) is 5.85. The lowest BCUT2D eigenvalue weighted by Gasteiger charge is -2.19. The first kappa shape index (κ1) is 15.8. The highest BCUT2D eigenvalue weighted by atomic mass is 16.6. The van der Waals surface area contributed by atoms with Crippen molar-refractivity contribution in [3.8, 4) is 17.6 Å². The van der Waals surface area contributed by atoms with Crippen molar-refractivity contribution in [1.82, 2.24) is 10.3 Å². The molecular weight excluding hydrogens is 256 g/mol. The minimum Gasteiger partial charge on any atom is -0.494 e. The monoisotopic (exact) mass is 276 g/mol. The standard InChI is InChI=1S/C15H20N2O3/c1-15(2,3)20-14(18)17-10-6-5-8-12-13(19-4)9-7-11-16-12/h7,9,11H,6,10H2,1-4H3,(H,17,18). The lowest BCUT2D eigenvalue weighted by Crippen LogP contribution is -2.32. The summed E-state index contributed by atoms with van der Waals surface area (Å²) < 4.78 is 10.2. The number of nitrogens with one attached hydrogen (secondary N) is 1. The van der Waals surface area contributed by atoms with E-state index in [0.717, 1.165) is 0 Å². The van der Waals surface area contributed by atoms with Gasteiger partial charge in [0.2, 0.25) is 0 Å². The summed E-state index contributed by atoms with van der Waals surface area (Å²) in [6.45, 7) is 5.89. The van der Waals surface area contributed by atoms with Crippen LogP contribution in [-0.4, -0.2) is 30.3 Å². The van der Waals surface area contributed by atoms with Crippen molar-refractivity contribution in [1.29, 1.82) is 0 Å². The van der Waals surface area contributed by atoms with Gasteiger partial charge < -0.3 is 14.8 Å². The summed E-state index contributed by atoms with van der Waals surface area (Å²) >= 11 is 0. The predicted octanol–water partition coefficient (Wildman–Crippen LogP) is 2.36. The number of hydrogen-bond acceptors (Lipinski definition) is 4. The molecule has 0 radical (unpaired) electrons. The topological polar surface area (TPSA) is 60.5 Å². The number of amides is 1. The quantitative estimate of drug-likeness (QED) is 0.680. The molecule has 0 unspecified atom stereocenters. The van der Waals surface area contributed by atoms with E-state index < -0.39 is 11.7 Å². The molecule has 0 aliphatic rings. The van der Waals surface area contributed by atoms with E-state index in [1.807, 2.05) is 20.8 Å². The van der Waals surface area contributed by atoms with Gasteiger partial charge in [-0.05, 0) is 38.8 Å². The smallest absolute Gasteiger partial charge is 0.407 e. The average molecular weight is 276 g/mol. The normalized spacial score (nSPS) is 10.2. The second-order valence-electron chi connectivity index (χ2n) is 5.03. The van der Waals surface area contributed by atoms with Gasteiger partial charge in [0.1, 0.15) is 5.60 Å². The molecule has 5 nitrogen and oxygen atoms in total. The van der Waals surface area contributed by atoms with E-state index in [0.29, 0.717) is 24.4 Å². The summed E-state index contributed by atoms with van der Waals surface area (Å²) in [5.41, 5.74) is 0.101. The Morgan fingerprint density at radius 1 is 1.45 bits per heavy atom. The summed E-state index contributed by atoms with van der Waals surface area (Å²) in [7, 11) is 1.58. The highest BCUT2D eigenvalue weighted by Crippen LogP contribution is 2.12. The molecule has 0 spiro atoms. The minimum atomic E-state index is -0.489. The second-order valence-corrected chi connectivity index (χ2v) is 5.03. The summed E-state index contributed by atoms with van der Waals surface area (Å²) in [5.74, 6) is 6.48. The van der Waals surface area contributed by atoms with E-state index in [2.05, 4.69) is 22.1 Å². The third-order valence-corrected chi connectivity index (χ3v) is 2.12. The molecule has 5 heteroatoms. The zero-order valence-corrected chi connectivity index (χ0v) is 12.3. The minimum absolute atomic E-state index is 0.428. The molecule has 0 atom stereocenters. The Hall–Kier alpha value is -2.22. The van der Waals surface area contributed by atoms with Crippen LogP contribution in [0.3, 0.4) is 0 Å². The zero-order chi connectivity index (χ0) is 15.0. The number of methoxy groups -OCH3 is 1. The maximum Gasteiger partial charge on any atom is 0.407 e. The van der Waals surface area contributed by atoms with Gasteiger partial charge in [-0.25, -0.2) is 9.78 Å². The van der Waals surface area contributed by atoms with E-state index in [1.165, 1.54) is 0 Å². The molecule has 20 heavy (non-hydrogen) atoms. The van der Waals surface area contributed by atoms with Crippen molar-refractivity contribution in [3.63, 3.8) is 0 Å². The average Bonchev–Trinajstić information content (AvgIpc) is 2.36. The Labute approximate surface area is 119 Å². The SMILES string of the molecule is COc1cccnc1C#CCCNC(=O)OC(C)(C)C. The van der Waals surface area contributed by atoms with E-state index in [1.54, 1.807) is 25.4 Å². The number of aromatic nitrogens is 1. The van der Waals surface area contributed by atoms with Crippen LogP contribution in [0.2, 0.25) is 0 Å². The molecule has 0 aliphatic heterocycles. The van der Waals surface area contributed by atoms with Crippen molar-refractivity contribution in [2.24, 2.45) is 0 Å². The fourth-order valence-electron chi connectivity index (χ4n) is 1.34. The number of hydrogen-bond donors (Lipinski definition) is 1. The van der Waals surface area contributed by atoms with Crippen molar-refractivity contribution in [3.05, 3.63) is 24.0 Å². The van der Waals surface area contributed by atoms with Crippen LogP contribution < -0.4 is 10.1 Å². The molecule has 1 N–H and O–H groups in total. The van der Waals surface area contributed by atoms with Crippen LogP contribution in [0.5, 0.6) is 5.75 Å². The molecule has 0 fully saturated rings. The summed E-state index contributed by atoms with van der Waals surface area (Å²) in [6.07, 6.45) is 1.74. The van der Waals surface area contributed by atoms with Gasteiger partial charge in [-0.2, -0.15) is 0 Å². The van der Waals surface area contributed by atoms with E-state index in [4.69, 9.17) is 9.47 Å². The van der Waals surface area contributed by atoms with E-state index in [-0.39, 0.29) is 0 Å². The molecule has 1 amide bonds. The maximum atomic E-state index is 11.4. The van der Waals surface area contributed by atoms with Gasteiger partial charge in [0.25, 0.3) is 0 Å². The van der Waals surface area contributed by atoms with E-state index >= 15 is 0 Å². The molecule has 0 saturated heterocycles. The molecule has 1 rings (SSSR count). The largest absolute Gasteiger partial charge is 0.494 e. The molecule has 0 aliphatic carbocycles. The lowest BCUT2D eigenvalue weighted by atomic mass is 10.2. The fourth-order valence-corrected chi connectivity index (χ4v) is 1.34. The molecule has 1 aromatic rings. The third kappa shape index (κ3) is 6.10.